The molecule has 19 heteroatoms. The van der Waals surface area contributed by atoms with Crippen molar-refractivity contribution in [2.45, 2.75) is 45.6 Å². The van der Waals surface area contributed by atoms with Crippen LogP contribution in [-0.4, -0.2) is 57.2 Å². The van der Waals surface area contributed by atoms with Gasteiger partial charge in [0, 0.05) is 18.9 Å². The molecule has 256 valence electrons. The first-order valence-corrected chi connectivity index (χ1v) is 15.2. The third kappa shape index (κ3) is 9.70. The van der Waals surface area contributed by atoms with E-state index in [2.05, 4.69) is 9.72 Å². The fraction of sp³-hybridized carbons (Fsp3) is 0.444. The Hall–Kier alpha value is -4.10. The third-order valence-electron chi connectivity index (χ3n) is 6.19. The summed E-state index contributed by atoms with van der Waals surface area (Å²) in [6, 6.07) is 3.45. The Morgan fingerprint density at radius 3 is 2.13 bits per heavy atom. The quantitative estimate of drug-likeness (QED) is 0.124. The van der Waals surface area contributed by atoms with E-state index in [-0.39, 0.29) is 57.6 Å². The van der Waals surface area contributed by atoms with E-state index in [1.165, 1.54) is 6.92 Å². The summed E-state index contributed by atoms with van der Waals surface area (Å²) in [6.07, 6.45) is -9.49. The Kier molecular flexibility index (Phi) is 12.4. The molecule has 46 heavy (non-hydrogen) atoms. The fourth-order valence-corrected chi connectivity index (χ4v) is 4.69. The summed E-state index contributed by atoms with van der Waals surface area (Å²) in [4.78, 5) is 39.5. The highest BCUT2D eigenvalue weighted by atomic mass is 32.2. The molecule has 12 nitrogen and oxygen atoms in total. The van der Waals surface area contributed by atoms with Crippen molar-refractivity contribution >= 4 is 32.6 Å². The van der Waals surface area contributed by atoms with E-state index in [0.29, 0.717) is 12.7 Å². The Morgan fingerprint density at radius 1 is 1.02 bits per heavy atom. The second-order valence-electron chi connectivity index (χ2n) is 9.55. The number of esters is 1. The number of ether oxygens (including phenoxy) is 3. The van der Waals surface area contributed by atoms with Crippen molar-refractivity contribution < 1.29 is 53.8 Å². The second-order valence-corrected chi connectivity index (χ2v) is 11.3. The number of aromatic amines is 1. The number of anilines is 1. The van der Waals surface area contributed by atoms with Crippen molar-refractivity contribution in [1.82, 2.24) is 9.66 Å². The van der Waals surface area contributed by atoms with Gasteiger partial charge in [0.15, 0.2) is 0 Å². The maximum Gasteiger partial charge on any atom is 0.416 e. The smallest absolute Gasteiger partial charge is 0.416 e. The summed E-state index contributed by atoms with van der Waals surface area (Å²) in [7, 11) is -2.83. The average molecular weight is 687 g/mol. The van der Waals surface area contributed by atoms with E-state index >= 15 is 0 Å². The van der Waals surface area contributed by atoms with Crippen LogP contribution in [-0.2, 0) is 43.0 Å². The van der Waals surface area contributed by atoms with Gasteiger partial charge in [-0.25, -0.2) is 22.8 Å². The van der Waals surface area contributed by atoms with Crippen LogP contribution in [0, 0.1) is 0 Å². The number of nitrogens with two attached hydrogens (primary N) is 1. The number of hydrogen-bond donors (Lipinski definition) is 3. The lowest BCUT2D eigenvalue weighted by molar-refractivity contribution is -0.139. The Labute approximate surface area is 258 Å². The van der Waals surface area contributed by atoms with Crippen LogP contribution < -0.4 is 21.8 Å². The number of methoxy groups -OCH3 is 1. The molecule has 1 unspecified atom stereocenters. The predicted octanol–water partition coefficient (Wildman–Crippen LogP) is 3.96. The first kappa shape index (κ1) is 38.1. The van der Waals surface area contributed by atoms with Crippen molar-refractivity contribution in [2.24, 2.45) is 0 Å². The Balaban J connectivity index is 0.000000332. The highest BCUT2D eigenvalue weighted by Crippen LogP contribution is 2.38. The van der Waals surface area contributed by atoms with Crippen LogP contribution in [0.15, 0.2) is 33.9 Å². The van der Waals surface area contributed by atoms with Gasteiger partial charge in [0.1, 0.15) is 0 Å². The van der Waals surface area contributed by atoms with E-state index in [1.807, 2.05) is 0 Å². The lowest BCUT2D eigenvalue weighted by Crippen LogP contribution is -2.43. The van der Waals surface area contributed by atoms with Crippen molar-refractivity contribution in [3.05, 3.63) is 72.9 Å². The van der Waals surface area contributed by atoms with Gasteiger partial charge in [-0.1, -0.05) is 0 Å². The van der Waals surface area contributed by atoms with Crippen LogP contribution in [0.25, 0.3) is 10.9 Å². The number of nitrogens with one attached hydrogen (secondary N) is 2. The van der Waals surface area contributed by atoms with Gasteiger partial charge >= 0.3 is 24.0 Å². The predicted molar refractivity (Wildman–Crippen MR) is 155 cm³/mol. The molecule has 0 bridgehead atoms. The fourth-order valence-electron chi connectivity index (χ4n) is 4.20. The molecule has 1 aromatic heterocycles. The summed E-state index contributed by atoms with van der Waals surface area (Å²) < 4.78 is 116. The number of nitrogen functional groups attached to an aromatic ring is 1. The number of H-pyrrole nitrogens is 1. The van der Waals surface area contributed by atoms with Gasteiger partial charge in [0.2, 0.25) is 10.0 Å². The number of hydrogen-bond acceptors (Lipinski definition) is 9. The Morgan fingerprint density at radius 2 is 1.63 bits per heavy atom. The van der Waals surface area contributed by atoms with Crippen LogP contribution >= 0.6 is 0 Å². The minimum atomic E-state index is -4.70. The highest BCUT2D eigenvalue weighted by Gasteiger charge is 2.36. The zero-order valence-corrected chi connectivity index (χ0v) is 26.0. The lowest BCUT2D eigenvalue weighted by atomic mass is 9.98. The molecule has 3 rings (SSSR count). The number of aromatic nitrogens is 2. The number of carbonyl (C=O) groups is 1. The second kappa shape index (κ2) is 15.0. The first-order valence-electron chi connectivity index (χ1n) is 13.3. The van der Waals surface area contributed by atoms with Gasteiger partial charge in [-0.3, -0.25) is 4.79 Å². The number of sulfonamides is 1. The number of fused-ring (bicyclic) bond motifs is 1. The number of benzene rings is 2. The van der Waals surface area contributed by atoms with Gasteiger partial charge in [-0.05, 0) is 62.6 Å². The van der Waals surface area contributed by atoms with Crippen molar-refractivity contribution in [2.75, 3.05) is 43.8 Å². The van der Waals surface area contributed by atoms with Gasteiger partial charge in [-0.15, -0.1) is 0 Å². The van der Waals surface area contributed by atoms with E-state index in [4.69, 9.17) is 15.2 Å². The molecule has 2 aromatic carbocycles. The minimum Gasteiger partial charge on any atom is -0.465 e. The molecule has 0 saturated heterocycles. The van der Waals surface area contributed by atoms with Gasteiger partial charge in [-0.2, -0.15) is 31.0 Å². The summed E-state index contributed by atoms with van der Waals surface area (Å²) in [5.41, 5.74) is 0.205. The topological polar surface area (TPSA) is 172 Å². The molecule has 1 atom stereocenters. The number of halogens is 6. The molecule has 0 aliphatic carbocycles. The summed E-state index contributed by atoms with van der Waals surface area (Å²) in [5, 5.41) is -0.264. The highest BCUT2D eigenvalue weighted by molar-refractivity contribution is 7.91. The normalized spacial score (nSPS) is 12.8. The van der Waals surface area contributed by atoms with E-state index in [9.17, 15) is 49.1 Å². The van der Waals surface area contributed by atoms with Gasteiger partial charge in [0.05, 0.1) is 53.7 Å². The molecule has 0 amide bonds. The van der Waals surface area contributed by atoms with Crippen LogP contribution in [0.1, 0.15) is 59.5 Å². The van der Waals surface area contributed by atoms with E-state index < -0.39 is 56.8 Å². The van der Waals surface area contributed by atoms with Crippen LogP contribution in [0.4, 0.5) is 32.0 Å². The van der Waals surface area contributed by atoms with Gasteiger partial charge in [0.25, 0.3) is 5.56 Å². The molecular formula is C27H32F6N4O8S. The molecule has 4 N–H and O–H groups in total. The number of nitrogens with zero attached hydrogens (tertiary/aromatic N) is 1. The minimum absolute atomic E-state index is 0.00419. The molecule has 0 spiro atoms. The van der Waals surface area contributed by atoms with Crippen LogP contribution in [0.3, 0.4) is 0 Å². The molecule has 0 saturated carbocycles. The van der Waals surface area contributed by atoms with Crippen LogP contribution in [0.5, 0.6) is 0 Å². The molecule has 1 heterocycles. The Bertz CT molecular complexity index is 1790. The van der Waals surface area contributed by atoms with Crippen molar-refractivity contribution in [3.8, 4) is 0 Å². The molecule has 0 fully saturated rings. The average Bonchev–Trinajstić information content (AvgIpc) is 2.93. The number of alkyl halides is 6. The van der Waals surface area contributed by atoms with Crippen molar-refractivity contribution in [1.29, 1.82) is 0 Å². The lowest BCUT2D eigenvalue weighted by Gasteiger charge is -2.20. The van der Waals surface area contributed by atoms with E-state index in [0.717, 1.165) is 31.6 Å². The summed E-state index contributed by atoms with van der Waals surface area (Å²) in [6.45, 7) is 5.40. The third-order valence-corrected chi connectivity index (χ3v) is 6.71. The maximum absolute atomic E-state index is 13.3. The molecule has 0 aliphatic heterocycles. The first-order chi connectivity index (χ1) is 21.2. The summed E-state index contributed by atoms with van der Waals surface area (Å²) >= 11 is 0. The van der Waals surface area contributed by atoms with Gasteiger partial charge < -0.3 is 24.9 Å². The summed E-state index contributed by atoms with van der Waals surface area (Å²) in [5.74, 6) is -0.791. The number of carbonyl (C=O) groups excluding carboxylic acids is 1. The number of rotatable bonds is 10. The van der Waals surface area contributed by atoms with E-state index in [1.54, 1.807) is 18.7 Å². The molecular weight excluding hydrogens is 654 g/mol. The van der Waals surface area contributed by atoms with Crippen LogP contribution in [0.2, 0.25) is 0 Å². The molecule has 3 aromatic rings. The monoisotopic (exact) mass is 686 g/mol. The molecule has 0 radical (unpaired) electrons. The van der Waals surface area contributed by atoms with Crippen molar-refractivity contribution in [3.63, 3.8) is 0 Å². The zero-order chi connectivity index (χ0) is 35.2. The standard InChI is InChI=1S/C14H16F3N3O5S.C13H16F3NO3/c1-3-25-5-4-8-6-9-11(7-10(8)14(15,16)17)18-13(22)20(12(9)21)19-26(2,23)24;1-4-20-7(2)8-5-9(12(18)19-3)11(17)6-10(8)13(14,15)16/h6-7,19H,3-5H2,1-2H3,(H,18,22);5-7H,4,17H2,1-3H3. The maximum atomic E-state index is 13.3. The molecule has 0 aliphatic rings. The largest absolute Gasteiger partial charge is 0.465 e. The zero-order valence-electron chi connectivity index (χ0n) is 25.2. The SMILES string of the molecule is CCOC(C)c1cc(C(=O)OC)c(N)cc1C(F)(F)F.CCOCCc1cc2c(=O)n(NS(C)(=O)=O)c(=O)[nH]c2cc1C(F)(F)F.